The fourth-order valence-corrected chi connectivity index (χ4v) is 4.85. The van der Waals surface area contributed by atoms with Crippen LogP contribution in [-0.4, -0.2) is 45.2 Å². The van der Waals surface area contributed by atoms with Gasteiger partial charge in [-0.15, -0.1) is 21.5 Å². The van der Waals surface area contributed by atoms with Crippen LogP contribution < -0.4 is 4.90 Å². The van der Waals surface area contributed by atoms with Crippen LogP contribution in [0.25, 0.3) is 27.3 Å². The van der Waals surface area contributed by atoms with Crippen molar-refractivity contribution >= 4 is 51.4 Å². The number of nitrogens with zero attached hydrogens (tertiary/aromatic N) is 5. The Balaban J connectivity index is 1.69. The van der Waals surface area contributed by atoms with E-state index < -0.39 is 0 Å². The molecule has 1 aliphatic rings. The van der Waals surface area contributed by atoms with Crippen LogP contribution in [0.4, 0.5) is 5.95 Å². The maximum Gasteiger partial charge on any atom is 0.310 e. The van der Waals surface area contributed by atoms with Gasteiger partial charge < -0.3 is 9.64 Å². The number of carbonyl (C=O) groups is 1. The average Bonchev–Trinajstić information content (AvgIpc) is 3.43. The monoisotopic (exact) mass is 441 g/mol. The molecule has 0 radical (unpaired) electrons. The van der Waals surface area contributed by atoms with Gasteiger partial charge in [0, 0.05) is 23.5 Å². The second kappa shape index (κ2) is 7.85. The number of fused-ring (bicyclic) bond motifs is 3. The highest BCUT2D eigenvalue weighted by atomic mass is 35.5. The Bertz CT molecular complexity index is 1220. The molecule has 5 rings (SSSR count). The van der Waals surface area contributed by atoms with Gasteiger partial charge in [-0.1, -0.05) is 17.7 Å². The van der Waals surface area contributed by atoms with E-state index in [1.807, 2.05) is 47.0 Å². The molecule has 1 aromatic carbocycles. The van der Waals surface area contributed by atoms with E-state index in [0.29, 0.717) is 18.2 Å². The Labute approximate surface area is 182 Å². The Kier molecular flexibility index (Phi) is 5.04. The first kappa shape index (κ1) is 19.3. The van der Waals surface area contributed by atoms with E-state index in [0.717, 1.165) is 52.6 Å². The minimum atomic E-state index is -0.174. The number of benzene rings is 1. The van der Waals surface area contributed by atoms with Gasteiger partial charge in [0.1, 0.15) is 0 Å². The molecule has 4 heterocycles. The van der Waals surface area contributed by atoms with Gasteiger partial charge in [-0.2, -0.15) is 0 Å². The molecule has 154 valence electrons. The number of hydrogen-bond acceptors (Lipinski definition) is 7. The first-order valence-electron chi connectivity index (χ1n) is 9.95. The van der Waals surface area contributed by atoms with E-state index >= 15 is 0 Å². The van der Waals surface area contributed by atoms with Crippen molar-refractivity contribution in [2.45, 2.75) is 19.8 Å². The van der Waals surface area contributed by atoms with Crippen molar-refractivity contribution in [2.24, 2.45) is 5.92 Å². The van der Waals surface area contributed by atoms with Crippen molar-refractivity contribution in [3.05, 3.63) is 40.7 Å². The number of esters is 1. The molecule has 0 spiro atoms. The number of hydrogen-bond donors (Lipinski definition) is 0. The maximum atomic E-state index is 12.4. The molecule has 1 unspecified atom stereocenters. The predicted octanol–water partition coefficient (Wildman–Crippen LogP) is 4.44. The molecule has 1 aliphatic heterocycles. The molecule has 0 amide bonds. The number of carbonyl (C=O) groups excluding carboxylic acids is 1. The average molecular weight is 442 g/mol. The number of piperidine rings is 1. The third kappa shape index (κ3) is 3.30. The Morgan fingerprint density at radius 1 is 1.33 bits per heavy atom. The largest absolute Gasteiger partial charge is 0.466 e. The Morgan fingerprint density at radius 3 is 3.03 bits per heavy atom. The maximum absolute atomic E-state index is 12.4. The van der Waals surface area contributed by atoms with E-state index in [1.165, 1.54) is 0 Å². The van der Waals surface area contributed by atoms with Crippen LogP contribution in [0, 0.1) is 5.92 Å². The molecular formula is C21H20ClN5O2S. The molecule has 0 N–H and O–H groups in total. The summed E-state index contributed by atoms with van der Waals surface area (Å²) in [6.45, 7) is 3.57. The summed E-state index contributed by atoms with van der Waals surface area (Å²) in [5.41, 5.74) is 1.49. The fraction of sp³-hybridized carbons (Fsp3) is 0.333. The molecule has 0 aliphatic carbocycles. The van der Waals surface area contributed by atoms with Crippen LogP contribution in [0.15, 0.2) is 35.7 Å². The van der Waals surface area contributed by atoms with Crippen molar-refractivity contribution in [1.82, 2.24) is 19.6 Å². The molecule has 30 heavy (non-hydrogen) atoms. The van der Waals surface area contributed by atoms with Gasteiger partial charge in [0.25, 0.3) is 0 Å². The summed E-state index contributed by atoms with van der Waals surface area (Å²) in [6.07, 6.45) is 1.70. The lowest BCUT2D eigenvalue weighted by Gasteiger charge is -2.32. The molecule has 1 fully saturated rings. The van der Waals surface area contributed by atoms with E-state index in [4.69, 9.17) is 21.3 Å². The van der Waals surface area contributed by atoms with Crippen molar-refractivity contribution < 1.29 is 9.53 Å². The zero-order chi connectivity index (χ0) is 20.7. The van der Waals surface area contributed by atoms with Crippen LogP contribution in [0.5, 0.6) is 0 Å². The zero-order valence-corrected chi connectivity index (χ0v) is 18.0. The van der Waals surface area contributed by atoms with Crippen molar-refractivity contribution in [2.75, 3.05) is 24.6 Å². The Hall–Kier alpha value is -2.71. The van der Waals surface area contributed by atoms with Crippen LogP contribution in [0.3, 0.4) is 0 Å². The van der Waals surface area contributed by atoms with Crippen LogP contribution in [0.2, 0.25) is 5.02 Å². The van der Waals surface area contributed by atoms with Gasteiger partial charge >= 0.3 is 5.97 Å². The minimum Gasteiger partial charge on any atom is -0.466 e. The summed E-state index contributed by atoms with van der Waals surface area (Å²) < 4.78 is 7.27. The molecule has 0 bridgehead atoms. The molecule has 4 aromatic rings. The fourth-order valence-electron chi connectivity index (χ4n) is 3.98. The van der Waals surface area contributed by atoms with Gasteiger partial charge in [-0.25, -0.2) is 9.38 Å². The summed E-state index contributed by atoms with van der Waals surface area (Å²) in [6, 6.07) is 9.62. The summed E-state index contributed by atoms with van der Waals surface area (Å²) in [5, 5.41) is 12.5. The van der Waals surface area contributed by atoms with E-state index in [2.05, 4.69) is 15.1 Å². The smallest absolute Gasteiger partial charge is 0.310 e. The highest BCUT2D eigenvalue weighted by molar-refractivity contribution is 7.13. The van der Waals surface area contributed by atoms with Crippen molar-refractivity contribution in [3.63, 3.8) is 0 Å². The SMILES string of the molecule is CCOC(=O)C1CCCN(c2nc3cc(Cl)ccc3c3nnc(-c4cccs4)n23)C1. The summed E-state index contributed by atoms with van der Waals surface area (Å²) in [4.78, 5) is 20.5. The molecular weight excluding hydrogens is 422 g/mol. The number of thiophene rings is 1. The van der Waals surface area contributed by atoms with Crippen molar-refractivity contribution in [1.29, 1.82) is 0 Å². The van der Waals surface area contributed by atoms with Crippen LogP contribution in [-0.2, 0) is 9.53 Å². The third-order valence-corrected chi connectivity index (χ3v) is 6.45. The topological polar surface area (TPSA) is 72.6 Å². The first-order chi connectivity index (χ1) is 14.7. The second-order valence-electron chi connectivity index (χ2n) is 7.27. The van der Waals surface area contributed by atoms with Crippen LogP contribution in [0.1, 0.15) is 19.8 Å². The molecule has 3 aromatic heterocycles. The predicted molar refractivity (Wildman–Crippen MR) is 118 cm³/mol. The van der Waals surface area contributed by atoms with E-state index in [9.17, 15) is 4.79 Å². The minimum absolute atomic E-state index is 0.149. The van der Waals surface area contributed by atoms with Gasteiger partial charge in [-0.3, -0.25) is 4.79 Å². The number of aromatic nitrogens is 4. The molecule has 0 saturated carbocycles. The number of rotatable bonds is 4. The summed E-state index contributed by atoms with van der Waals surface area (Å²) in [5.74, 6) is 1.15. The molecule has 7 nitrogen and oxygen atoms in total. The summed E-state index contributed by atoms with van der Waals surface area (Å²) >= 11 is 7.84. The number of ether oxygens (including phenoxy) is 1. The standard InChI is InChI=1S/C21H20ClN5O2S/c1-2-29-20(28)13-5-3-9-26(12-13)21-23-16-11-14(22)7-8-15(16)18-24-25-19(27(18)21)17-6-4-10-30-17/h4,6-8,10-11,13H,2-3,5,9,12H2,1H3. The zero-order valence-electron chi connectivity index (χ0n) is 16.4. The van der Waals surface area contributed by atoms with Crippen molar-refractivity contribution in [3.8, 4) is 10.7 Å². The van der Waals surface area contributed by atoms with Crippen LogP contribution >= 0.6 is 22.9 Å². The van der Waals surface area contributed by atoms with Gasteiger partial charge in [0.05, 0.1) is 22.9 Å². The highest BCUT2D eigenvalue weighted by Crippen LogP contribution is 2.33. The second-order valence-corrected chi connectivity index (χ2v) is 8.65. The normalized spacial score (nSPS) is 17.0. The lowest BCUT2D eigenvalue weighted by atomic mass is 9.98. The van der Waals surface area contributed by atoms with Gasteiger partial charge in [0.2, 0.25) is 5.95 Å². The number of anilines is 1. The molecule has 1 atom stereocenters. The van der Waals surface area contributed by atoms with E-state index in [1.54, 1.807) is 11.3 Å². The van der Waals surface area contributed by atoms with E-state index in [-0.39, 0.29) is 11.9 Å². The number of halogens is 1. The summed E-state index contributed by atoms with van der Waals surface area (Å²) in [7, 11) is 0. The van der Waals surface area contributed by atoms with Gasteiger partial charge in [0.15, 0.2) is 11.5 Å². The van der Waals surface area contributed by atoms with Gasteiger partial charge in [-0.05, 0) is 49.4 Å². The molecule has 9 heteroatoms. The lowest BCUT2D eigenvalue weighted by Crippen LogP contribution is -2.40. The quantitative estimate of drug-likeness (QED) is 0.436. The Morgan fingerprint density at radius 2 is 2.23 bits per heavy atom. The highest BCUT2D eigenvalue weighted by Gasteiger charge is 2.30. The lowest BCUT2D eigenvalue weighted by molar-refractivity contribution is -0.148. The molecule has 1 saturated heterocycles. The third-order valence-electron chi connectivity index (χ3n) is 5.35. The first-order valence-corrected chi connectivity index (χ1v) is 11.2.